The number of allylic oxidation sites excluding steroid dienone is 1. The number of halogens is 2. The summed E-state index contributed by atoms with van der Waals surface area (Å²) in [5, 5.41) is 0. The zero-order valence-corrected chi connectivity index (χ0v) is 20.3. The highest BCUT2D eigenvalue weighted by Gasteiger charge is 2.13. The number of amides is 1. The molecule has 3 aromatic carbocycles. The Morgan fingerprint density at radius 2 is 1.65 bits per heavy atom. The van der Waals surface area contributed by atoms with Crippen molar-refractivity contribution in [1.29, 1.82) is 0 Å². The molecule has 0 aliphatic carbocycles. The zero-order valence-electron chi connectivity index (χ0n) is 17.1. The monoisotopic (exact) mass is 544 g/mol. The molecular formula is C24H22Br2N2O3. The van der Waals surface area contributed by atoms with Crippen LogP contribution in [0.1, 0.15) is 12.5 Å². The lowest BCUT2D eigenvalue weighted by molar-refractivity contribution is -0.123. The minimum Gasteiger partial charge on any atom is -0.493 e. The maximum Gasteiger partial charge on any atom is 0.276 e. The average molecular weight is 546 g/mol. The van der Waals surface area contributed by atoms with E-state index in [1.807, 2.05) is 49.4 Å². The number of carbonyl (C=O) groups excluding carboxylic acids is 1. The van der Waals surface area contributed by atoms with Gasteiger partial charge in [0, 0.05) is 4.47 Å². The fourth-order valence-electron chi connectivity index (χ4n) is 2.92. The number of benzene rings is 3. The highest BCUT2D eigenvalue weighted by atomic mass is 79.9. The van der Waals surface area contributed by atoms with Crippen molar-refractivity contribution in [3.05, 3.63) is 87.3 Å². The number of hydrazine groups is 1. The standard InChI is InChI=1S/C24H22Br2N2O3/c1-3-21(18-11-9-17(10-12-18)16-7-5-4-6-8-16)27-28-23(29)15-31-24-20(26)13-19(25)14-22(24)30-2/h3-14,27H,15H2,1-2H3,(H,28,29). The first kappa shape index (κ1) is 22.9. The molecular weight excluding hydrogens is 524 g/mol. The highest BCUT2D eigenvalue weighted by molar-refractivity contribution is 9.11. The van der Waals surface area contributed by atoms with Crippen molar-refractivity contribution in [3.63, 3.8) is 0 Å². The van der Waals surface area contributed by atoms with Crippen LogP contribution in [-0.2, 0) is 4.79 Å². The van der Waals surface area contributed by atoms with E-state index >= 15 is 0 Å². The van der Waals surface area contributed by atoms with Gasteiger partial charge >= 0.3 is 0 Å². The van der Waals surface area contributed by atoms with E-state index in [-0.39, 0.29) is 12.5 Å². The van der Waals surface area contributed by atoms with Crippen molar-refractivity contribution < 1.29 is 14.3 Å². The SMILES string of the molecule is CC=C(NNC(=O)COc1c(Br)cc(Br)cc1OC)c1ccc(-c2ccccc2)cc1. The Kier molecular flexibility index (Phi) is 8.14. The van der Waals surface area contributed by atoms with E-state index in [1.165, 1.54) is 0 Å². The molecule has 0 aliphatic rings. The molecule has 0 atom stereocenters. The molecule has 160 valence electrons. The predicted molar refractivity (Wildman–Crippen MR) is 131 cm³/mol. The molecule has 0 saturated carbocycles. The first-order valence-corrected chi connectivity index (χ1v) is 11.1. The second-order valence-electron chi connectivity index (χ2n) is 6.53. The van der Waals surface area contributed by atoms with Crippen LogP contribution in [0.2, 0.25) is 0 Å². The van der Waals surface area contributed by atoms with Crippen LogP contribution in [0.3, 0.4) is 0 Å². The lowest BCUT2D eigenvalue weighted by atomic mass is 10.0. The normalized spacial score (nSPS) is 11.0. The van der Waals surface area contributed by atoms with Crippen molar-refractivity contribution in [2.24, 2.45) is 0 Å². The summed E-state index contributed by atoms with van der Waals surface area (Å²) in [6.07, 6.45) is 1.90. The van der Waals surface area contributed by atoms with Crippen LogP contribution >= 0.6 is 31.9 Å². The maximum absolute atomic E-state index is 12.3. The summed E-state index contributed by atoms with van der Waals surface area (Å²) in [4.78, 5) is 12.3. The van der Waals surface area contributed by atoms with Crippen LogP contribution in [0.25, 0.3) is 16.8 Å². The van der Waals surface area contributed by atoms with E-state index in [9.17, 15) is 4.79 Å². The van der Waals surface area contributed by atoms with Crippen molar-refractivity contribution in [2.75, 3.05) is 13.7 Å². The quantitative estimate of drug-likeness (QED) is 0.343. The van der Waals surface area contributed by atoms with Crippen molar-refractivity contribution in [3.8, 4) is 22.6 Å². The maximum atomic E-state index is 12.3. The number of hydrogen-bond donors (Lipinski definition) is 2. The van der Waals surface area contributed by atoms with Gasteiger partial charge in [-0.25, -0.2) is 0 Å². The second-order valence-corrected chi connectivity index (χ2v) is 8.30. The summed E-state index contributed by atoms with van der Waals surface area (Å²) >= 11 is 6.82. The predicted octanol–water partition coefficient (Wildman–Crippen LogP) is 5.95. The molecule has 3 rings (SSSR count). The minimum atomic E-state index is -0.322. The van der Waals surface area contributed by atoms with E-state index in [0.29, 0.717) is 16.0 Å². The molecule has 0 radical (unpaired) electrons. The molecule has 0 heterocycles. The second kappa shape index (κ2) is 11.0. The van der Waals surface area contributed by atoms with Gasteiger partial charge in [-0.2, -0.15) is 0 Å². The third-order valence-electron chi connectivity index (χ3n) is 4.47. The molecule has 0 saturated heterocycles. The molecule has 0 aromatic heterocycles. The van der Waals surface area contributed by atoms with Crippen LogP contribution < -0.4 is 20.3 Å². The number of methoxy groups -OCH3 is 1. The highest BCUT2D eigenvalue weighted by Crippen LogP contribution is 2.38. The number of rotatable bonds is 8. The molecule has 31 heavy (non-hydrogen) atoms. The van der Waals surface area contributed by atoms with Crippen molar-refractivity contribution >= 4 is 43.5 Å². The van der Waals surface area contributed by atoms with Gasteiger partial charge in [0.1, 0.15) is 0 Å². The molecule has 0 aliphatic heterocycles. The summed E-state index contributed by atoms with van der Waals surface area (Å²) in [6.45, 7) is 1.73. The number of nitrogens with one attached hydrogen (secondary N) is 2. The van der Waals surface area contributed by atoms with Crippen LogP contribution in [0.4, 0.5) is 0 Å². The van der Waals surface area contributed by atoms with Gasteiger partial charge in [-0.3, -0.25) is 15.6 Å². The van der Waals surface area contributed by atoms with E-state index in [0.717, 1.165) is 26.9 Å². The van der Waals surface area contributed by atoms with Crippen LogP contribution in [0.5, 0.6) is 11.5 Å². The molecule has 3 aromatic rings. The lowest BCUT2D eigenvalue weighted by Gasteiger charge is -2.15. The Morgan fingerprint density at radius 1 is 0.968 bits per heavy atom. The van der Waals surface area contributed by atoms with Crippen LogP contribution in [0.15, 0.2) is 81.8 Å². The van der Waals surface area contributed by atoms with Gasteiger partial charge < -0.3 is 9.47 Å². The van der Waals surface area contributed by atoms with Gasteiger partial charge in [0.25, 0.3) is 5.91 Å². The fraction of sp³-hybridized carbons (Fsp3) is 0.125. The van der Waals surface area contributed by atoms with Crippen LogP contribution in [0, 0.1) is 0 Å². The van der Waals surface area contributed by atoms with E-state index in [2.05, 4.69) is 67.0 Å². The Labute approximate surface area is 198 Å². The van der Waals surface area contributed by atoms with E-state index in [1.54, 1.807) is 13.2 Å². The van der Waals surface area contributed by atoms with E-state index in [4.69, 9.17) is 9.47 Å². The van der Waals surface area contributed by atoms with Gasteiger partial charge in [-0.15, -0.1) is 0 Å². The number of carbonyl (C=O) groups is 1. The summed E-state index contributed by atoms with van der Waals surface area (Å²) in [5.74, 6) is 0.662. The largest absolute Gasteiger partial charge is 0.493 e. The van der Waals surface area contributed by atoms with Gasteiger partial charge in [-0.05, 0) is 51.7 Å². The summed E-state index contributed by atoms with van der Waals surface area (Å²) < 4.78 is 12.5. The Balaban J connectivity index is 1.58. The minimum absolute atomic E-state index is 0.173. The summed E-state index contributed by atoms with van der Waals surface area (Å²) in [5.41, 5.74) is 9.67. The first-order valence-electron chi connectivity index (χ1n) is 9.54. The Bertz CT molecular complexity index is 1070. The molecule has 0 bridgehead atoms. The zero-order chi connectivity index (χ0) is 22.2. The van der Waals surface area contributed by atoms with Gasteiger partial charge in [-0.1, -0.05) is 76.6 Å². The molecule has 7 heteroatoms. The van der Waals surface area contributed by atoms with Gasteiger partial charge in [0.2, 0.25) is 0 Å². The molecule has 5 nitrogen and oxygen atoms in total. The Hall–Kier alpha value is -2.77. The first-order chi connectivity index (χ1) is 15.0. The third kappa shape index (κ3) is 6.12. The molecule has 0 unspecified atom stereocenters. The molecule has 2 N–H and O–H groups in total. The van der Waals surface area contributed by atoms with Gasteiger partial charge in [0.05, 0.1) is 17.3 Å². The van der Waals surface area contributed by atoms with Crippen molar-refractivity contribution in [2.45, 2.75) is 6.92 Å². The molecule has 0 spiro atoms. The van der Waals surface area contributed by atoms with Crippen molar-refractivity contribution in [1.82, 2.24) is 10.9 Å². The lowest BCUT2D eigenvalue weighted by Crippen LogP contribution is -2.39. The average Bonchev–Trinajstić information content (AvgIpc) is 2.79. The topological polar surface area (TPSA) is 59.6 Å². The fourth-order valence-corrected chi connectivity index (χ4v) is 4.22. The number of hydrogen-bond acceptors (Lipinski definition) is 4. The molecule has 0 fully saturated rings. The molecule has 1 amide bonds. The summed E-state index contributed by atoms with van der Waals surface area (Å²) in [6, 6.07) is 21.9. The smallest absolute Gasteiger partial charge is 0.276 e. The Morgan fingerprint density at radius 3 is 2.29 bits per heavy atom. The summed E-state index contributed by atoms with van der Waals surface area (Å²) in [7, 11) is 1.55. The number of ether oxygens (including phenoxy) is 2. The van der Waals surface area contributed by atoms with Gasteiger partial charge in [0.15, 0.2) is 18.1 Å². The van der Waals surface area contributed by atoms with Crippen LogP contribution in [-0.4, -0.2) is 19.6 Å². The third-order valence-corrected chi connectivity index (χ3v) is 5.52. The van der Waals surface area contributed by atoms with E-state index < -0.39 is 0 Å².